The van der Waals surface area contributed by atoms with E-state index in [9.17, 15) is 0 Å². The Balaban J connectivity index is 1.70. The lowest BCUT2D eigenvalue weighted by Gasteiger charge is -2.18. The predicted molar refractivity (Wildman–Crippen MR) is 71.6 cm³/mol. The molecule has 0 amide bonds. The SMILES string of the molecule is Clc1cccc(CN2CC3CNCC3C2)c1Cl. The molecule has 2 heterocycles. The van der Waals surface area contributed by atoms with Crippen LogP contribution in [0.2, 0.25) is 10.0 Å². The van der Waals surface area contributed by atoms with Crippen molar-refractivity contribution in [1.82, 2.24) is 10.2 Å². The first-order valence-electron chi connectivity index (χ1n) is 6.10. The molecule has 2 aliphatic heterocycles. The third-order valence-corrected chi connectivity index (χ3v) is 4.75. The van der Waals surface area contributed by atoms with Crippen molar-refractivity contribution in [3.05, 3.63) is 33.8 Å². The van der Waals surface area contributed by atoms with Gasteiger partial charge in [-0.3, -0.25) is 4.90 Å². The molecule has 0 bridgehead atoms. The number of nitrogens with zero attached hydrogens (tertiary/aromatic N) is 1. The zero-order valence-corrected chi connectivity index (χ0v) is 11.1. The lowest BCUT2D eigenvalue weighted by molar-refractivity contribution is 0.306. The van der Waals surface area contributed by atoms with Gasteiger partial charge in [0.15, 0.2) is 0 Å². The lowest BCUT2D eigenvalue weighted by Crippen LogP contribution is -2.25. The van der Waals surface area contributed by atoms with Gasteiger partial charge in [0.05, 0.1) is 10.0 Å². The Morgan fingerprint density at radius 1 is 1.18 bits per heavy atom. The summed E-state index contributed by atoms with van der Waals surface area (Å²) in [6, 6.07) is 5.89. The third kappa shape index (κ3) is 2.32. The van der Waals surface area contributed by atoms with E-state index in [-0.39, 0.29) is 0 Å². The normalized spacial score (nSPS) is 28.6. The Kier molecular flexibility index (Phi) is 3.31. The summed E-state index contributed by atoms with van der Waals surface area (Å²) >= 11 is 12.3. The molecule has 92 valence electrons. The van der Waals surface area contributed by atoms with E-state index < -0.39 is 0 Å². The molecule has 4 heteroatoms. The van der Waals surface area contributed by atoms with Crippen LogP contribution in [0.1, 0.15) is 5.56 Å². The second-order valence-electron chi connectivity index (χ2n) is 5.09. The minimum Gasteiger partial charge on any atom is -0.316 e. The third-order valence-electron chi connectivity index (χ3n) is 3.89. The first-order valence-corrected chi connectivity index (χ1v) is 6.85. The number of hydrogen-bond acceptors (Lipinski definition) is 2. The van der Waals surface area contributed by atoms with Gasteiger partial charge >= 0.3 is 0 Å². The predicted octanol–water partition coefficient (Wildman–Crippen LogP) is 2.64. The van der Waals surface area contributed by atoms with Crippen molar-refractivity contribution in [2.45, 2.75) is 6.54 Å². The van der Waals surface area contributed by atoms with Gasteiger partial charge in [0.25, 0.3) is 0 Å². The van der Waals surface area contributed by atoms with Gasteiger partial charge < -0.3 is 5.32 Å². The molecule has 17 heavy (non-hydrogen) atoms. The highest BCUT2D eigenvalue weighted by Crippen LogP contribution is 2.31. The fourth-order valence-corrected chi connectivity index (χ4v) is 3.37. The Hall–Kier alpha value is -0.280. The highest BCUT2D eigenvalue weighted by molar-refractivity contribution is 6.42. The lowest BCUT2D eigenvalue weighted by atomic mass is 10.0. The van der Waals surface area contributed by atoms with E-state index in [0.717, 1.165) is 23.9 Å². The molecule has 1 aromatic rings. The number of likely N-dealkylation sites (tertiary alicyclic amines) is 1. The maximum Gasteiger partial charge on any atom is 0.0637 e. The van der Waals surface area contributed by atoms with E-state index >= 15 is 0 Å². The second-order valence-corrected chi connectivity index (χ2v) is 5.87. The van der Waals surface area contributed by atoms with Crippen LogP contribution in [0.15, 0.2) is 18.2 Å². The topological polar surface area (TPSA) is 15.3 Å². The molecule has 2 saturated heterocycles. The van der Waals surface area contributed by atoms with Gasteiger partial charge in [-0.05, 0) is 36.6 Å². The van der Waals surface area contributed by atoms with Crippen molar-refractivity contribution in [3.63, 3.8) is 0 Å². The van der Waals surface area contributed by atoms with Crippen molar-refractivity contribution < 1.29 is 0 Å². The van der Waals surface area contributed by atoms with Crippen LogP contribution in [0.3, 0.4) is 0 Å². The molecule has 2 atom stereocenters. The largest absolute Gasteiger partial charge is 0.316 e. The molecule has 3 rings (SSSR count). The first kappa shape index (κ1) is 11.8. The Morgan fingerprint density at radius 2 is 1.88 bits per heavy atom. The van der Waals surface area contributed by atoms with Crippen LogP contribution < -0.4 is 5.32 Å². The summed E-state index contributed by atoms with van der Waals surface area (Å²) in [5.74, 6) is 1.65. The van der Waals surface area contributed by atoms with Gasteiger partial charge in [-0.15, -0.1) is 0 Å². The number of fused-ring (bicyclic) bond motifs is 1. The monoisotopic (exact) mass is 270 g/mol. The van der Waals surface area contributed by atoms with Gasteiger partial charge in [0, 0.05) is 19.6 Å². The number of halogens is 2. The van der Waals surface area contributed by atoms with Gasteiger partial charge in [-0.1, -0.05) is 35.3 Å². The molecular weight excluding hydrogens is 255 g/mol. The first-order chi connectivity index (χ1) is 8.24. The average Bonchev–Trinajstić information content (AvgIpc) is 2.85. The molecule has 2 unspecified atom stereocenters. The number of rotatable bonds is 2. The smallest absolute Gasteiger partial charge is 0.0637 e. The molecular formula is C13H16Cl2N2. The Labute approximate surface area is 112 Å². The summed E-state index contributed by atoms with van der Waals surface area (Å²) < 4.78 is 0. The van der Waals surface area contributed by atoms with Crippen LogP contribution in [-0.4, -0.2) is 31.1 Å². The van der Waals surface area contributed by atoms with Gasteiger partial charge in [0.1, 0.15) is 0 Å². The molecule has 0 aliphatic carbocycles. The number of nitrogens with one attached hydrogen (secondary N) is 1. The minimum atomic E-state index is 0.658. The van der Waals surface area contributed by atoms with Crippen LogP contribution in [-0.2, 0) is 6.54 Å². The second kappa shape index (κ2) is 4.77. The molecule has 1 aromatic carbocycles. The van der Waals surface area contributed by atoms with E-state index in [1.165, 1.54) is 26.2 Å². The molecule has 0 radical (unpaired) electrons. The summed E-state index contributed by atoms with van der Waals surface area (Å²) in [5.41, 5.74) is 1.15. The van der Waals surface area contributed by atoms with Crippen LogP contribution in [0.25, 0.3) is 0 Å². The van der Waals surface area contributed by atoms with E-state index in [2.05, 4.69) is 16.3 Å². The van der Waals surface area contributed by atoms with E-state index in [0.29, 0.717) is 10.0 Å². The van der Waals surface area contributed by atoms with E-state index in [1.807, 2.05) is 12.1 Å². The summed E-state index contributed by atoms with van der Waals surface area (Å²) in [6.45, 7) is 5.63. The summed E-state index contributed by atoms with van der Waals surface area (Å²) in [7, 11) is 0. The molecule has 1 N–H and O–H groups in total. The van der Waals surface area contributed by atoms with Gasteiger partial charge in [0.2, 0.25) is 0 Å². The standard InChI is InChI=1S/C13H16Cl2N2/c14-12-3-1-2-9(13(12)15)6-17-7-10-4-16-5-11(10)8-17/h1-3,10-11,16H,4-8H2. The average molecular weight is 271 g/mol. The molecule has 2 fully saturated rings. The van der Waals surface area contributed by atoms with Crippen molar-refractivity contribution >= 4 is 23.2 Å². The summed E-state index contributed by atoms with van der Waals surface area (Å²) in [6.07, 6.45) is 0. The highest BCUT2D eigenvalue weighted by Gasteiger charge is 2.35. The highest BCUT2D eigenvalue weighted by atomic mass is 35.5. The van der Waals surface area contributed by atoms with Gasteiger partial charge in [-0.2, -0.15) is 0 Å². The maximum atomic E-state index is 6.22. The van der Waals surface area contributed by atoms with Crippen LogP contribution in [0.5, 0.6) is 0 Å². The molecule has 0 spiro atoms. The zero-order valence-electron chi connectivity index (χ0n) is 9.63. The van der Waals surface area contributed by atoms with Crippen molar-refractivity contribution in [1.29, 1.82) is 0 Å². The Bertz CT molecular complexity index is 410. The zero-order chi connectivity index (χ0) is 11.8. The van der Waals surface area contributed by atoms with Crippen LogP contribution in [0.4, 0.5) is 0 Å². The van der Waals surface area contributed by atoms with Crippen LogP contribution in [0, 0.1) is 11.8 Å². The Morgan fingerprint density at radius 3 is 2.59 bits per heavy atom. The van der Waals surface area contributed by atoms with Crippen LogP contribution >= 0.6 is 23.2 Å². The van der Waals surface area contributed by atoms with Crippen molar-refractivity contribution in [2.75, 3.05) is 26.2 Å². The molecule has 2 nitrogen and oxygen atoms in total. The summed E-state index contributed by atoms with van der Waals surface area (Å²) in [5, 5.41) is 4.83. The fraction of sp³-hybridized carbons (Fsp3) is 0.538. The fourth-order valence-electron chi connectivity index (χ4n) is 2.99. The maximum absolute atomic E-state index is 6.22. The van der Waals surface area contributed by atoms with E-state index in [4.69, 9.17) is 23.2 Å². The number of benzene rings is 1. The van der Waals surface area contributed by atoms with E-state index in [1.54, 1.807) is 0 Å². The molecule has 0 aromatic heterocycles. The minimum absolute atomic E-state index is 0.658. The quantitative estimate of drug-likeness (QED) is 0.889. The summed E-state index contributed by atoms with van der Waals surface area (Å²) in [4.78, 5) is 2.49. The van der Waals surface area contributed by atoms with Gasteiger partial charge in [-0.25, -0.2) is 0 Å². The number of hydrogen-bond donors (Lipinski definition) is 1. The molecule has 2 aliphatic rings. The molecule has 0 saturated carbocycles. The van der Waals surface area contributed by atoms with Crippen molar-refractivity contribution in [3.8, 4) is 0 Å². The van der Waals surface area contributed by atoms with Crippen molar-refractivity contribution in [2.24, 2.45) is 11.8 Å².